The number of aliphatic hydroxyl groups excluding tert-OH is 1. The maximum absolute atomic E-state index is 12.6. The fourth-order valence-corrected chi connectivity index (χ4v) is 1.98. The lowest BCUT2D eigenvalue weighted by Crippen LogP contribution is -2.38. The number of carbonyl (C=O) groups excluding carboxylic acids is 1. The maximum Gasteiger partial charge on any atom is 0.224 e. The van der Waals surface area contributed by atoms with Crippen LogP contribution in [0.5, 0.6) is 0 Å². The van der Waals surface area contributed by atoms with E-state index in [0.717, 1.165) is 18.4 Å². The van der Waals surface area contributed by atoms with Crippen LogP contribution in [0.2, 0.25) is 0 Å². The molecular formula is C13H16FNO2. The molecule has 92 valence electrons. The number of aliphatic hydroxyl groups is 1. The third kappa shape index (κ3) is 3.53. The minimum atomic E-state index is -0.294. The first kappa shape index (κ1) is 12.0. The van der Waals surface area contributed by atoms with Crippen molar-refractivity contribution in [3.8, 4) is 0 Å². The van der Waals surface area contributed by atoms with Gasteiger partial charge in [-0.3, -0.25) is 4.79 Å². The van der Waals surface area contributed by atoms with Gasteiger partial charge in [-0.25, -0.2) is 4.39 Å². The van der Waals surface area contributed by atoms with Gasteiger partial charge in [0.2, 0.25) is 5.91 Å². The second kappa shape index (κ2) is 5.27. The van der Waals surface area contributed by atoms with E-state index in [1.807, 2.05) is 0 Å². The Morgan fingerprint density at radius 3 is 2.59 bits per heavy atom. The Hall–Kier alpha value is -1.42. The third-order valence-electron chi connectivity index (χ3n) is 3.08. The van der Waals surface area contributed by atoms with Gasteiger partial charge in [-0.1, -0.05) is 12.1 Å². The van der Waals surface area contributed by atoms with Crippen molar-refractivity contribution in [3.05, 3.63) is 35.6 Å². The van der Waals surface area contributed by atoms with Crippen molar-refractivity contribution in [1.29, 1.82) is 0 Å². The van der Waals surface area contributed by atoms with Crippen molar-refractivity contribution in [2.45, 2.75) is 25.4 Å². The van der Waals surface area contributed by atoms with E-state index in [-0.39, 0.29) is 24.2 Å². The van der Waals surface area contributed by atoms with Gasteiger partial charge in [0.25, 0.3) is 0 Å². The predicted molar refractivity (Wildman–Crippen MR) is 61.8 cm³/mol. The topological polar surface area (TPSA) is 49.3 Å². The molecule has 0 aliphatic heterocycles. The first-order chi connectivity index (χ1) is 8.13. The van der Waals surface area contributed by atoms with Crippen molar-refractivity contribution in [3.63, 3.8) is 0 Å². The molecule has 1 fully saturated rings. The average molecular weight is 237 g/mol. The summed E-state index contributed by atoms with van der Waals surface area (Å²) in [6.45, 7) is 0.622. The number of benzene rings is 1. The standard InChI is InChI=1S/C13H16FNO2/c14-11-3-1-9(2-4-11)7-13(17)15-8-10-5-12(16)6-10/h1-4,10,12,16H,5-8H2,(H,15,17). The highest BCUT2D eigenvalue weighted by molar-refractivity contribution is 5.78. The Balaban J connectivity index is 1.71. The molecule has 0 spiro atoms. The number of nitrogens with one attached hydrogen (secondary N) is 1. The lowest BCUT2D eigenvalue weighted by atomic mass is 9.82. The average Bonchev–Trinajstić information content (AvgIpc) is 2.26. The van der Waals surface area contributed by atoms with Crippen molar-refractivity contribution in [2.24, 2.45) is 5.92 Å². The van der Waals surface area contributed by atoms with E-state index in [1.54, 1.807) is 12.1 Å². The van der Waals surface area contributed by atoms with E-state index in [1.165, 1.54) is 12.1 Å². The molecule has 0 unspecified atom stereocenters. The largest absolute Gasteiger partial charge is 0.393 e. The number of rotatable bonds is 4. The van der Waals surface area contributed by atoms with Gasteiger partial charge >= 0.3 is 0 Å². The van der Waals surface area contributed by atoms with Gasteiger partial charge in [-0.15, -0.1) is 0 Å². The number of hydrogen-bond acceptors (Lipinski definition) is 2. The minimum absolute atomic E-state index is 0.0574. The Kier molecular flexibility index (Phi) is 3.74. The molecule has 1 aliphatic rings. The highest BCUT2D eigenvalue weighted by Crippen LogP contribution is 2.26. The van der Waals surface area contributed by atoms with Crippen LogP contribution in [-0.4, -0.2) is 23.7 Å². The number of amides is 1. The van der Waals surface area contributed by atoms with E-state index >= 15 is 0 Å². The van der Waals surface area contributed by atoms with E-state index in [2.05, 4.69) is 5.32 Å². The summed E-state index contributed by atoms with van der Waals surface area (Å²) in [6.07, 6.45) is 1.64. The number of carbonyl (C=O) groups is 1. The van der Waals surface area contributed by atoms with Crippen molar-refractivity contribution in [2.75, 3.05) is 6.54 Å². The SMILES string of the molecule is O=C(Cc1ccc(F)cc1)NCC1CC(O)C1. The Bertz CT molecular complexity index is 385. The van der Waals surface area contributed by atoms with Crippen LogP contribution in [0, 0.1) is 11.7 Å². The second-order valence-corrected chi connectivity index (χ2v) is 4.60. The van der Waals surface area contributed by atoms with Gasteiger partial charge in [-0.2, -0.15) is 0 Å². The zero-order valence-electron chi connectivity index (χ0n) is 9.53. The summed E-state index contributed by atoms with van der Waals surface area (Å²) in [5.74, 6) is 0.0535. The van der Waals surface area contributed by atoms with Gasteiger partial charge in [-0.05, 0) is 36.5 Å². The maximum atomic E-state index is 12.6. The second-order valence-electron chi connectivity index (χ2n) is 4.60. The van der Waals surface area contributed by atoms with Crippen LogP contribution in [0.4, 0.5) is 4.39 Å². The third-order valence-corrected chi connectivity index (χ3v) is 3.08. The lowest BCUT2D eigenvalue weighted by molar-refractivity contribution is -0.121. The Morgan fingerprint density at radius 1 is 1.35 bits per heavy atom. The summed E-state index contributed by atoms with van der Waals surface area (Å²) in [5.41, 5.74) is 0.803. The predicted octanol–water partition coefficient (Wildman–Crippen LogP) is 1.26. The smallest absolute Gasteiger partial charge is 0.224 e. The molecule has 1 aromatic rings. The highest BCUT2D eigenvalue weighted by Gasteiger charge is 2.26. The molecule has 3 nitrogen and oxygen atoms in total. The van der Waals surface area contributed by atoms with Gasteiger partial charge in [0.05, 0.1) is 12.5 Å². The molecule has 0 radical (unpaired) electrons. The molecule has 0 aromatic heterocycles. The van der Waals surface area contributed by atoms with Crippen LogP contribution in [0.25, 0.3) is 0 Å². The fraction of sp³-hybridized carbons (Fsp3) is 0.462. The van der Waals surface area contributed by atoms with Crippen LogP contribution < -0.4 is 5.32 Å². The molecule has 17 heavy (non-hydrogen) atoms. The van der Waals surface area contributed by atoms with Crippen LogP contribution in [-0.2, 0) is 11.2 Å². The summed E-state index contributed by atoms with van der Waals surface area (Å²) in [7, 11) is 0. The monoisotopic (exact) mass is 237 g/mol. The van der Waals surface area contributed by atoms with Crippen molar-refractivity contribution >= 4 is 5.91 Å². The summed E-state index contributed by atoms with van der Waals surface area (Å²) in [5, 5.41) is 11.9. The number of hydrogen-bond donors (Lipinski definition) is 2. The van der Waals surface area contributed by atoms with Gasteiger partial charge in [0, 0.05) is 6.54 Å². The summed E-state index contributed by atoms with van der Waals surface area (Å²) < 4.78 is 12.6. The molecule has 1 aliphatic carbocycles. The fourth-order valence-electron chi connectivity index (χ4n) is 1.98. The summed E-state index contributed by atoms with van der Waals surface area (Å²) in [6, 6.07) is 5.93. The highest BCUT2D eigenvalue weighted by atomic mass is 19.1. The summed E-state index contributed by atoms with van der Waals surface area (Å²) in [4.78, 5) is 11.6. The Morgan fingerprint density at radius 2 is 2.00 bits per heavy atom. The first-order valence-corrected chi connectivity index (χ1v) is 5.82. The van der Waals surface area contributed by atoms with E-state index in [9.17, 15) is 9.18 Å². The van der Waals surface area contributed by atoms with E-state index < -0.39 is 0 Å². The molecule has 1 saturated carbocycles. The molecule has 1 aromatic carbocycles. The first-order valence-electron chi connectivity index (χ1n) is 5.82. The quantitative estimate of drug-likeness (QED) is 0.828. The molecule has 0 atom stereocenters. The molecule has 4 heteroatoms. The van der Waals surface area contributed by atoms with Crippen LogP contribution in [0.1, 0.15) is 18.4 Å². The van der Waals surface area contributed by atoms with Crippen LogP contribution >= 0.6 is 0 Å². The lowest BCUT2D eigenvalue weighted by Gasteiger charge is -2.31. The van der Waals surface area contributed by atoms with Gasteiger partial charge in [0.1, 0.15) is 5.82 Å². The molecule has 2 rings (SSSR count). The molecule has 0 heterocycles. The molecule has 2 N–H and O–H groups in total. The van der Waals surface area contributed by atoms with Gasteiger partial charge < -0.3 is 10.4 Å². The van der Waals surface area contributed by atoms with E-state index in [4.69, 9.17) is 5.11 Å². The molecule has 0 saturated heterocycles. The minimum Gasteiger partial charge on any atom is -0.393 e. The zero-order chi connectivity index (χ0) is 12.3. The van der Waals surface area contributed by atoms with Crippen LogP contribution in [0.15, 0.2) is 24.3 Å². The normalized spacial score (nSPS) is 22.9. The van der Waals surface area contributed by atoms with E-state index in [0.29, 0.717) is 12.5 Å². The zero-order valence-corrected chi connectivity index (χ0v) is 9.53. The van der Waals surface area contributed by atoms with Crippen molar-refractivity contribution < 1.29 is 14.3 Å². The van der Waals surface area contributed by atoms with Crippen LogP contribution in [0.3, 0.4) is 0 Å². The summed E-state index contributed by atoms with van der Waals surface area (Å²) >= 11 is 0. The Labute approximate surface area is 99.7 Å². The molecule has 0 bridgehead atoms. The number of halogens is 1. The molecule has 1 amide bonds. The molecular weight excluding hydrogens is 221 g/mol. The van der Waals surface area contributed by atoms with Crippen molar-refractivity contribution in [1.82, 2.24) is 5.32 Å². The van der Waals surface area contributed by atoms with Gasteiger partial charge in [0.15, 0.2) is 0 Å².